The molecule has 2 nitrogen and oxygen atoms in total. The molecule has 0 amide bonds. The van der Waals surface area contributed by atoms with Gasteiger partial charge in [0.05, 0.1) is 7.11 Å². The van der Waals surface area contributed by atoms with Crippen molar-refractivity contribution in [3.8, 4) is 5.75 Å². The van der Waals surface area contributed by atoms with Crippen LogP contribution in [0.5, 0.6) is 5.75 Å². The summed E-state index contributed by atoms with van der Waals surface area (Å²) in [5.74, 6) is 0.871. The van der Waals surface area contributed by atoms with Gasteiger partial charge in [-0.25, -0.2) is 0 Å². The number of nitrogen functional groups attached to an aromatic ring is 1. The number of benzene rings is 1. The Hall–Kier alpha value is -0.700. The molecule has 0 saturated heterocycles. The van der Waals surface area contributed by atoms with E-state index >= 15 is 0 Å². The number of rotatable bonds is 2. The van der Waals surface area contributed by atoms with Crippen molar-refractivity contribution in [1.82, 2.24) is 0 Å². The van der Waals surface area contributed by atoms with Crippen LogP contribution in [0, 0.1) is 0 Å². The first-order valence-electron chi connectivity index (χ1n) is 3.26. The predicted molar refractivity (Wildman–Crippen MR) is 50.0 cm³/mol. The molecular weight excluding hydrogens is 206 g/mol. The lowest BCUT2D eigenvalue weighted by atomic mass is 10.2. The summed E-state index contributed by atoms with van der Waals surface area (Å²) >= 11 is 3.35. The van der Waals surface area contributed by atoms with Gasteiger partial charge in [0.15, 0.2) is 0 Å². The largest absolute Gasteiger partial charge is 0.496 e. The average molecular weight is 216 g/mol. The maximum absolute atomic E-state index is 5.58. The smallest absolute Gasteiger partial charge is 0.123 e. The Labute approximate surface area is 74.5 Å². The number of methoxy groups -OCH3 is 1. The van der Waals surface area contributed by atoms with E-state index in [-0.39, 0.29) is 0 Å². The molecule has 0 unspecified atom stereocenters. The molecule has 60 valence electrons. The Bertz CT molecular complexity index is 250. The lowest BCUT2D eigenvalue weighted by Crippen LogP contribution is -1.91. The van der Waals surface area contributed by atoms with Crippen molar-refractivity contribution in [1.29, 1.82) is 0 Å². The van der Waals surface area contributed by atoms with Crippen LogP contribution >= 0.6 is 15.9 Å². The maximum atomic E-state index is 5.58. The van der Waals surface area contributed by atoms with E-state index in [0.717, 1.165) is 22.3 Å². The third-order valence-corrected chi connectivity index (χ3v) is 2.05. The van der Waals surface area contributed by atoms with E-state index in [1.807, 2.05) is 18.2 Å². The molecular formula is C8H10BrNO. The first kappa shape index (κ1) is 8.40. The molecule has 0 aromatic heterocycles. The fourth-order valence-corrected chi connectivity index (χ4v) is 1.34. The Balaban J connectivity index is 3.06. The maximum Gasteiger partial charge on any atom is 0.123 e. The van der Waals surface area contributed by atoms with Crippen molar-refractivity contribution in [3.05, 3.63) is 23.8 Å². The first-order chi connectivity index (χ1) is 5.27. The van der Waals surface area contributed by atoms with E-state index in [1.54, 1.807) is 7.11 Å². The zero-order valence-electron chi connectivity index (χ0n) is 6.30. The van der Waals surface area contributed by atoms with Gasteiger partial charge in [0.1, 0.15) is 5.75 Å². The van der Waals surface area contributed by atoms with Crippen molar-refractivity contribution in [2.75, 3.05) is 12.8 Å². The summed E-state index contributed by atoms with van der Waals surface area (Å²) < 4.78 is 5.11. The highest BCUT2D eigenvalue weighted by atomic mass is 79.9. The quantitative estimate of drug-likeness (QED) is 0.607. The molecule has 0 fully saturated rings. The fraction of sp³-hybridized carbons (Fsp3) is 0.250. The molecule has 0 atom stereocenters. The number of alkyl halides is 1. The molecule has 0 aliphatic heterocycles. The number of halogens is 1. The summed E-state index contributed by atoms with van der Waals surface area (Å²) in [5, 5.41) is 0.765. The Morgan fingerprint density at radius 2 is 2.27 bits per heavy atom. The topological polar surface area (TPSA) is 35.2 Å². The lowest BCUT2D eigenvalue weighted by molar-refractivity contribution is 0.411. The standard InChI is InChI=1S/C8H10BrNO/c1-11-8-3-2-7(10)4-6(8)5-9/h2-4H,5,10H2,1H3. The van der Waals surface area contributed by atoms with Crippen LogP contribution in [0.2, 0.25) is 0 Å². The van der Waals surface area contributed by atoms with Gasteiger partial charge in [-0.2, -0.15) is 0 Å². The number of ether oxygens (including phenoxy) is 1. The summed E-state index contributed by atoms with van der Waals surface area (Å²) in [4.78, 5) is 0. The Morgan fingerprint density at radius 1 is 1.55 bits per heavy atom. The summed E-state index contributed by atoms with van der Waals surface area (Å²) in [6.07, 6.45) is 0. The fourth-order valence-electron chi connectivity index (χ4n) is 0.903. The monoisotopic (exact) mass is 215 g/mol. The van der Waals surface area contributed by atoms with Crippen molar-refractivity contribution in [2.24, 2.45) is 0 Å². The second kappa shape index (κ2) is 3.62. The first-order valence-corrected chi connectivity index (χ1v) is 4.38. The number of anilines is 1. The molecule has 0 aliphatic rings. The van der Waals surface area contributed by atoms with Crippen molar-refractivity contribution < 1.29 is 4.74 Å². The normalized spacial score (nSPS) is 9.64. The molecule has 2 N–H and O–H groups in total. The minimum absolute atomic E-state index is 0.764. The van der Waals surface area contributed by atoms with Gasteiger partial charge < -0.3 is 10.5 Å². The number of hydrogen-bond acceptors (Lipinski definition) is 2. The SMILES string of the molecule is COc1ccc(N)cc1CBr. The summed E-state index contributed by atoms with van der Waals surface area (Å²) in [6.45, 7) is 0. The summed E-state index contributed by atoms with van der Waals surface area (Å²) in [7, 11) is 1.65. The zero-order valence-corrected chi connectivity index (χ0v) is 7.89. The molecule has 1 aromatic carbocycles. The van der Waals surface area contributed by atoms with Crippen LogP contribution in [0.25, 0.3) is 0 Å². The second-order valence-corrected chi connectivity index (χ2v) is 2.77. The van der Waals surface area contributed by atoms with E-state index in [0.29, 0.717) is 0 Å². The van der Waals surface area contributed by atoms with Gasteiger partial charge in [-0.3, -0.25) is 0 Å². The van der Waals surface area contributed by atoms with Crippen molar-refractivity contribution in [3.63, 3.8) is 0 Å². The highest BCUT2D eigenvalue weighted by molar-refractivity contribution is 9.08. The molecule has 0 aliphatic carbocycles. The van der Waals surface area contributed by atoms with E-state index in [2.05, 4.69) is 15.9 Å². The highest BCUT2D eigenvalue weighted by Crippen LogP contribution is 2.22. The molecule has 1 rings (SSSR count). The van der Waals surface area contributed by atoms with Gasteiger partial charge in [-0.05, 0) is 18.2 Å². The average Bonchev–Trinajstić information content (AvgIpc) is 2.04. The zero-order chi connectivity index (χ0) is 8.27. The van der Waals surface area contributed by atoms with Gasteiger partial charge in [0.2, 0.25) is 0 Å². The lowest BCUT2D eigenvalue weighted by Gasteiger charge is -2.05. The van der Waals surface area contributed by atoms with Crippen LogP contribution in [0.3, 0.4) is 0 Å². The van der Waals surface area contributed by atoms with Crippen LogP contribution in [-0.2, 0) is 5.33 Å². The number of hydrogen-bond donors (Lipinski definition) is 1. The Kier molecular flexibility index (Phi) is 2.76. The van der Waals surface area contributed by atoms with Crippen molar-refractivity contribution >= 4 is 21.6 Å². The minimum Gasteiger partial charge on any atom is -0.496 e. The number of nitrogens with two attached hydrogens (primary N) is 1. The van der Waals surface area contributed by atoms with E-state index < -0.39 is 0 Å². The van der Waals surface area contributed by atoms with Crippen LogP contribution in [0.15, 0.2) is 18.2 Å². The molecule has 3 heteroatoms. The van der Waals surface area contributed by atoms with Crippen LogP contribution in [0.4, 0.5) is 5.69 Å². The molecule has 0 saturated carbocycles. The van der Waals surface area contributed by atoms with E-state index in [4.69, 9.17) is 10.5 Å². The van der Waals surface area contributed by atoms with Gasteiger partial charge in [0.25, 0.3) is 0 Å². The van der Waals surface area contributed by atoms with Gasteiger partial charge in [0, 0.05) is 16.6 Å². The molecule has 0 spiro atoms. The minimum atomic E-state index is 0.764. The summed E-state index contributed by atoms with van der Waals surface area (Å²) in [5.41, 5.74) is 7.42. The molecule has 11 heavy (non-hydrogen) atoms. The second-order valence-electron chi connectivity index (χ2n) is 2.20. The molecule has 0 bridgehead atoms. The van der Waals surface area contributed by atoms with Gasteiger partial charge in [-0.15, -0.1) is 0 Å². The van der Waals surface area contributed by atoms with Crippen LogP contribution in [-0.4, -0.2) is 7.11 Å². The van der Waals surface area contributed by atoms with Crippen molar-refractivity contribution in [2.45, 2.75) is 5.33 Å². The predicted octanol–water partition coefficient (Wildman–Crippen LogP) is 2.17. The molecule has 0 heterocycles. The van der Waals surface area contributed by atoms with E-state index in [1.165, 1.54) is 0 Å². The van der Waals surface area contributed by atoms with Gasteiger partial charge in [-0.1, -0.05) is 15.9 Å². The van der Waals surface area contributed by atoms with Crippen LogP contribution < -0.4 is 10.5 Å². The van der Waals surface area contributed by atoms with Crippen LogP contribution in [0.1, 0.15) is 5.56 Å². The highest BCUT2D eigenvalue weighted by Gasteiger charge is 1.99. The third kappa shape index (κ3) is 1.87. The third-order valence-electron chi connectivity index (χ3n) is 1.45. The molecule has 0 radical (unpaired) electrons. The van der Waals surface area contributed by atoms with Gasteiger partial charge >= 0.3 is 0 Å². The molecule has 1 aromatic rings. The summed E-state index contributed by atoms with van der Waals surface area (Å²) in [6, 6.07) is 5.59. The Morgan fingerprint density at radius 3 is 2.82 bits per heavy atom. The van der Waals surface area contributed by atoms with E-state index in [9.17, 15) is 0 Å².